The van der Waals surface area contributed by atoms with E-state index in [0.717, 1.165) is 0 Å². The third-order valence-electron chi connectivity index (χ3n) is 0.953. The molecule has 0 aliphatic carbocycles. The number of aromatic nitrogens is 3. The van der Waals surface area contributed by atoms with Gasteiger partial charge >= 0.3 is 0 Å². The summed E-state index contributed by atoms with van der Waals surface area (Å²) in [5, 5.41) is 12.6. The smallest absolute Gasteiger partial charge is 0.291 e. The SMILES string of the molecule is CC(O)[n+]1cn(N)cn1.[Br-]. The highest BCUT2D eigenvalue weighted by Gasteiger charge is 2.06. The van der Waals surface area contributed by atoms with E-state index in [1.807, 2.05) is 0 Å². The Kier molecular flexibility index (Phi) is 3.31. The van der Waals surface area contributed by atoms with Crippen LogP contribution in [-0.2, 0) is 0 Å². The Morgan fingerprint density at radius 2 is 2.40 bits per heavy atom. The number of aliphatic hydroxyl groups excluding tert-OH is 1. The van der Waals surface area contributed by atoms with Crippen molar-refractivity contribution in [3.8, 4) is 0 Å². The predicted molar refractivity (Wildman–Crippen MR) is 29.5 cm³/mol. The molecule has 1 unspecified atom stereocenters. The van der Waals surface area contributed by atoms with E-state index in [4.69, 9.17) is 10.9 Å². The fourth-order valence-electron chi connectivity index (χ4n) is 0.508. The molecular formula is C4H9BrN4O. The van der Waals surface area contributed by atoms with Crippen molar-refractivity contribution >= 4 is 0 Å². The van der Waals surface area contributed by atoms with Gasteiger partial charge in [-0.15, -0.1) is 9.36 Å². The van der Waals surface area contributed by atoms with Gasteiger partial charge in [0.05, 0.1) is 0 Å². The summed E-state index contributed by atoms with van der Waals surface area (Å²) in [6, 6.07) is 0. The Hall–Kier alpha value is -0.620. The van der Waals surface area contributed by atoms with Crippen molar-refractivity contribution in [2.24, 2.45) is 0 Å². The molecule has 0 amide bonds. The number of hydrogen-bond donors (Lipinski definition) is 2. The monoisotopic (exact) mass is 208 g/mol. The number of nitrogens with zero attached hydrogens (tertiary/aromatic N) is 3. The lowest BCUT2D eigenvalue weighted by atomic mass is 10.7. The maximum atomic E-state index is 8.87. The number of aliphatic hydroxyl groups is 1. The van der Waals surface area contributed by atoms with Crippen LogP contribution in [0.2, 0.25) is 0 Å². The quantitative estimate of drug-likeness (QED) is 0.361. The van der Waals surface area contributed by atoms with Crippen LogP contribution < -0.4 is 27.5 Å². The van der Waals surface area contributed by atoms with Gasteiger partial charge in [-0.2, -0.15) is 0 Å². The van der Waals surface area contributed by atoms with E-state index < -0.39 is 6.23 Å². The second kappa shape index (κ2) is 3.52. The van der Waals surface area contributed by atoms with Gasteiger partial charge in [0.2, 0.25) is 12.6 Å². The fourth-order valence-corrected chi connectivity index (χ4v) is 0.508. The van der Waals surface area contributed by atoms with Crippen LogP contribution in [0.1, 0.15) is 13.2 Å². The molecule has 0 aliphatic heterocycles. The first kappa shape index (κ1) is 9.38. The zero-order chi connectivity index (χ0) is 6.85. The van der Waals surface area contributed by atoms with Gasteiger partial charge in [0.25, 0.3) is 6.33 Å². The maximum absolute atomic E-state index is 8.87. The zero-order valence-corrected chi connectivity index (χ0v) is 7.06. The number of rotatable bonds is 1. The molecule has 0 fully saturated rings. The van der Waals surface area contributed by atoms with E-state index in [1.165, 1.54) is 22.0 Å². The van der Waals surface area contributed by atoms with Gasteiger partial charge in [0.15, 0.2) is 0 Å². The normalized spacial score (nSPS) is 12.2. The molecule has 0 aliphatic rings. The molecule has 0 radical (unpaired) electrons. The molecule has 0 saturated carbocycles. The van der Waals surface area contributed by atoms with Gasteiger partial charge < -0.3 is 22.1 Å². The second-order valence-corrected chi connectivity index (χ2v) is 1.81. The summed E-state index contributed by atoms with van der Waals surface area (Å²) in [4.78, 5) is 0. The number of nitrogen functional groups attached to an aromatic ring is 1. The summed E-state index contributed by atoms with van der Waals surface area (Å²) in [7, 11) is 0. The number of hydrogen-bond acceptors (Lipinski definition) is 3. The number of halogens is 1. The van der Waals surface area contributed by atoms with Crippen molar-refractivity contribution in [2.75, 3.05) is 5.84 Å². The molecule has 0 saturated heterocycles. The van der Waals surface area contributed by atoms with Crippen LogP contribution in [0.15, 0.2) is 12.7 Å². The minimum atomic E-state index is -0.616. The molecule has 1 atom stereocenters. The van der Waals surface area contributed by atoms with Crippen molar-refractivity contribution < 1.29 is 26.8 Å². The van der Waals surface area contributed by atoms with Crippen molar-refractivity contribution in [3.63, 3.8) is 0 Å². The van der Waals surface area contributed by atoms with E-state index in [0.29, 0.717) is 0 Å². The average Bonchev–Trinajstić information content (AvgIpc) is 2.14. The third kappa shape index (κ3) is 1.96. The van der Waals surface area contributed by atoms with Crippen LogP contribution in [-0.4, -0.2) is 14.9 Å². The molecule has 5 nitrogen and oxygen atoms in total. The topological polar surface area (TPSA) is 68.0 Å². The zero-order valence-electron chi connectivity index (χ0n) is 5.48. The maximum Gasteiger partial charge on any atom is 0.291 e. The molecule has 58 valence electrons. The van der Waals surface area contributed by atoms with Gasteiger partial charge in [-0.05, 0) is 5.10 Å². The molecule has 6 heteroatoms. The molecular weight excluding hydrogens is 200 g/mol. The molecule has 1 aromatic rings. The van der Waals surface area contributed by atoms with E-state index in [-0.39, 0.29) is 17.0 Å². The third-order valence-corrected chi connectivity index (χ3v) is 0.953. The standard InChI is InChI=1S/C4H9N4O.BrH/c1-4(9)8-3-7(5)2-6-8;/h2-4,9H,5H2,1H3;1H/q+1;/p-1. The minimum Gasteiger partial charge on any atom is -1.00 e. The lowest BCUT2D eigenvalue weighted by Gasteiger charge is -1.91. The Balaban J connectivity index is 0.000000810. The van der Waals surface area contributed by atoms with E-state index >= 15 is 0 Å². The van der Waals surface area contributed by atoms with E-state index in [2.05, 4.69) is 5.10 Å². The summed E-state index contributed by atoms with van der Waals surface area (Å²) < 4.78 is 2.62. The predicted octanol–water partition coefficient (Wildman–Crippen LogP) is -4.60. The van der Waals surface area contributed by atoms with Crippen molar-refractivity contribution in [1.82, 2.24) is 9.77 Å². The molecule has 0 aromatic carbocycles. The van der Waals surface area contributed by atoms with E-state index in [1.54, 1.807) is 6.92 Å². The molecule has 3 N–H and O–H groups in total. The minimum absolute atomic E-state index is 0. The first-order chi connectivity index (χ1) is 4.20. The van der Waals surface area contributed by atoms with Crippen molar-refractivity contribution in [3.05, 3.63) is 12.7 Å². The van der Waals surface area contributed by atoms with Gasteiger partial charge in [0, 0.05) is 6.92 Å². The number of nitrogens with two attached hydrogens (primary N) is 1. The molecule has 1 aromatic heterocycles. The van der Waals surface area contributed by atoms with Gasteiger partial charge in [-0.25, -0.2) is 0 Å². The molecule has 0 spiro atoms. The van der Waals surface area contributed by atoms with Crippen molar-refractivity contribution in [1.29, 1.82) is 0 Å². The molecule has 10 heavy (non-hydrogen) atoms. The summed E-state index contributed by atoms with van der Waals surface area (Å²) in [6.45, 7) is 1.60. The summed E-state index contributed by atoms with van der Waals surface area (Å²) in [5.74, 6) is 5.24. The fraction of sp³-hybridized carbons (Fsp3) is 0.500. The van der Waals surface area contributed by atoms with Gasteiger partial charge in [-0.1, -0.05) is 0 Å². The lowest BCUT2D eigenvalue weighted by molar-refractivity contribution is -0.804. The first-order valence-electron chi connectivity index (χ1n) is 2.58. The van der Waals surface area contributed by atoms with Crippen LogP contribution in [0.5, 0.6) is 0 Å². The Bertz CT molecular complexity index is 199. The van der Waals surface area contributed by atoms with Crippen LogP contribution in [0, 0.1) is 0 Å². The highest BCUT2D eigenvalue weighted by Crippen LogP contribution is 1.80. The largest absolute Gasteiger partial charge is 1.00 e. The average molecular weight is 209 g/mol. The Labute approximate surface area is 68.8 Å². The summed E-state index contributed by atoms with van der Waals surface area (Å²) in [6.07, 6.45) is 2.28. The van der Waals surface area contributed by atoms with Gasteiger partial charge in [-0.3, -0.25) is 5.84 Å². The van der Waals surface area contributed by atoms with Crippen LogP contribution in [0.25, 0.3) is 0 Å². The molecule has 0 bridgehead atoms. The van der Waals surface area contributed by atoms with Crippen LogP contribution in [0.3, 0.4) is 0 Å². The van der Waals surface area contributed by atoms with E-state index in [9.17, 15) is 0 Å². The lowest BCUT2D eigenvalue weighted by Crippen LogP contribution is -3.00. The summed E-state index contributed by atoms with van der Waals surface area (Å²) >= 11 is 0. The Morgan fingerprint density at radius 3 is 2.60 bits per heavy atom. The highest BCUT2D eigenvalue weighted by atomic mass is 79.9. The molecule has 1 rings (SSSR count). The molecule has 1 heterocycles. The van der Waals surface area contributed by atoms with Crippen LogP contribution >= 0.6 is 0 Å². The van der Waals surface area contributed by atoms with Crippen LogP contribution in [0.4, 0.5) is 0 Å². The Morgan fingerprint density at radius 1 is 1.80 bits per heavy atom. The van der Waals surface area contributed by atoms with Crippen molar-refractivity contribution in [2.45, 2.75) is 13.2 Å². The summed E-state index contributed by atoms with van der Waals surface area (Å²) in [5.41, 5.74) is 0. The van der Waals surface area contributed by atoms with Gasteiger partial charge in [0.1, 0.15) is 0 Å². The first-order valence-corrected chi connectivity index (χ1v) is 2.58. The highest BCUT2D eigenvalue weighted by molar-refractivity contribution is 4.49. The second-order valence-electron chi connectivity index (χ2n) is 1.81.